The fourth-order valence-electron chi connectivity index (χ4n) is 4.41. The number of benzene rings is 1. The van der Waals surface area contributed by atoms with Crippen molar-refractivity contribution < 1.29 is 14.6 Å². The topological polar surface area (TPSA) is 38.7 Å². The zero-order valence-electron chi connectivity index (χ0n) is 12.1. The highest BCUT2D eigenvalue weighted by atomic mass is 35.5. The lowest BCUT2D eigenvalue weighted by Crippen LogP contribution is -2.17. The van der Waals surface area contributed by atoms with Crippen LogP contribution in [0.25, 0.3) is 0 Å². The van der Waals surface area contributed by atoms with Crippen molar-refractivity contribution >= 4 is 11.6 Å². The van der Waals surface area contributed by atoms with Crippen molar-refractivity contribution in [2.75, 3.05) is 13.2 Å². The molecule has 2 aliphatic carbocycles. The Morgan fingerprint density at radius 1 is 1.19 bits per heavy atom. The summed E-state index contributed by atoms with van der Waals surface area (Å²) in [5, 5.41) is 11.1. The molecule has 1 aromatic rings. The number of aliphatic hydroxyl groups is 1. The van der Waals surface area contributed by atoms with Gasteiger partial charge in [-0.1, -0.05) is 18.0 Å². The third-order valence-electron chi connectivity index (χ3n) is 5.41. The van der Waals surface area contributed by atoms with Gasteiger partial charge in [0.1, 0.15) is 13.2 Å². The summed E-state index contributed by atoms with van der Waals surface area (Å²) in [7, 11) is 0. The molecule has 1 aliphatic heterocycles. The molecule has 2 fully saturated rings. The lowest BCUT2D eigenvalue weighted by Gasteiger charge is -2.25. The van der Waals surface area contributed by atoms with E-state index in [0.29, 0.717) is 35.7 Å². The lowest BCUT2D eigenvalue weighted by atomic mass is 9.83. The number of ether oxygens (including phenoxy) is 2. The molecule has 2 saturated carbocycles. The van der Waals surface area contributed by atoms with Crippen molar-refractivity contribution in [2.24, 2.45) is 17.8 Å². The average molecular weight is 309 g/mol. The van der Waals surface area contributed by atoms with E-state index in [1.54, 1.807) is 0 Å². The average Bonchev–Trinajstić information content (AvgIpc) is 3.10. The Kier molecular flexibility index (Phi) is 3.50. The van der Waals surface area contributed by atoms with E-state index in [1.165, 1.54) is 25.7 Å². The van der Waals surface area contributed by atoms with Gasteiger partial charge in [0, 0.05) is 0 Å². The number of hydrogen-bond donors (Lipinski definition) is 1. The van der Waals surface area contributed by atoms with E-state index in [1.807, 2.05) is 12.1 Å². The SMILES string of the molecule is OC(CC1CC2CCC1C2)c1cc(Cl)c2c(c1)OCCO2. The summed E-state index contributed by atoms with van der Waals surface area (Å²) in [5.74, 6) is 3.69. The molecule has 2 bridgehead atoms. The first-order valence-electron chi connectivity index (χ1n) is 7.98. The number of halogens is 1. The minimum Gasteiger partial charge on any atom is -0.486 e. The molecule has 0 amide bonds. The normalized spacial score (nSPS) is 31.4. The van der Waals surface area contributed by atoms with Gasteiger partial charge in [-0.15, -0.1) is 0 Å². The van der Waals surface area contributed by atoms with Crippen LogP contribution in [0.4, 0.5) is 0 Å². The van der Waals surface area contributed by atoms with E-state index in [9.17, 15) is 5.11 Å². The number of hydrogen-bond acceptors (Lipinski definition) is 3. The Hall–Kier alpha value is -0.930. The highest BCUT2D eigenvalue weighted by Gasteiger charge is 2.40. The summed E-state index contributed by atoms with van der Waals surface area (Å²) < 4.78 is 11.1. The first-order valence-corrected chi connectivity index (χ1v) is 8.35. The van der Waals surface area contributed by atoms with Crippen LogP contribution in [0.5, 0.6) is 11.5 Å². The number of aliphatic hydroxyl groups excluding tert-OH is 1. The van der Waals surface area contributed by atoms with Crippen LogP contribution >= 0.6 is 11.6 Å². The molecule has 4 unspecified atom stereocenters. The van der Waals surface area contributed by atoms with Crippen LogP contribution in [0.1, 0.15) is 43.8 Å². The summed E-state index contributed by atoms with van der Waals surface area (Å²) in [6.45, 7) is 1.06. The van der Waals surface area contributed by atoms with Crippen molar-refractivity contribution in [3.05, 3.63) is 22.7 Å². The smallest absolute Gasteiger partial charge is 0.179 e. The Morgan fingerprint density at radius 3 is 2.81 bits per heavy atom. The fourth-order valence-corrected chi connectivity index (χ4v) is 4.68. The maximum Gasteiger partial charge on any atom is 0.179 e. The van der Waals surface area contributed by atoms with Crippen LogP contribution in [0.3, 0.4) is 0 Å². The Morgan fingerprint density at radius 2 is 2.05 bits per heavy atom. The second-order valence-electron chi connectivity index (χ2n) is 6.71. The number of fused-ring (bicyclic) bond motifs is 3. The van der Waals surface area contributed by atoms with Crippen LogP contribution in [0.2, 0.25) is 5.02 Å². The third kappa shape index (κ3) is 2.51. The highest BCUT2D eigenvalue weighted by molar-refractivity contribution is 6.32. The van der Waals surface area contributed by atoms with Crippen LogP contribution < -0.4 is 9.47 Å². The Balaban J connectivity index is 1.51. The summed E-state index contributed by atoms with van der Waals surface area (Å²) in [6.07, 6.45) is 5.80. The quantitative estimate of drug-likeness (QED) is 0.918. The molecule has 21 heavy (non-hydrogen) atoms. The fraction of sp³-hybridized carbons (Fsp3) is 0.647. The van der Waals surface area contributed by atoms with Gasteiger partial charge in [-0.05, 0) is 61.1 Å². The molecule has 0 radical (unpaired) electrons. The van der Waals surface area contributed by atoms with Crippen LogP contribution in [0.15, 0.2) is 12.1 Å². The largest absolute Gasteiger partial charge is 0.486 e. The monoisotopic (exact) mass is 308 g/mol. The van der Waals surface area contributed by atoms with E-state index in [4.69, 9.17) is 21.1 Å². The van der Waals surface area contributed by atoms with Crippen LogP contribution in [0, 0.1) is 17.8 Å². The van der Waals surface area contributed by atoms with Crippen LogP contribution in [-0.4, -0.2) is 18.3 Å². The van der Waals surface area contributed by atoms with Crippen molar-refractivity contribution in [1.82, 2.24) is 0 Å². The van der Waals surface area contributed by atoms with Crippen LogP contribution in [-0.2, 0) is 0 Å². The van der Waals surface area contributed by atoms with E-state index in [-0.39, 0.29) is 0 Å². The van der Waals surface area contributed by atoms with Gasteiger partial charge in [-0.2, -0.15) is 0 Å². The van der Waals surface area contributed by atoms with Gasteiger partial charge in [0.25, 0.3) is 0 Å². The minimum atomic E-state index is -0.456. The standard InChI is InChI=1S/C17H21ClO3/c18-14-7-13(9-16-17(14)21-4-3-20-16)15(19)8-12-6-10-1-2-11(12)5-10/h7,9-12,15,19H,1-6,8H2. The molecule has 1 heterocycles. The molecule has 4 atom stereocenters. The van der Waals surface area contributed by atoms with Crippen molar-refractivity contribution in [1.29, 1.82) is 0 Å². The molecule has 0 spiro atoms. The maximum absolute atomic E-state index is 10.6. The van der Waals surface area contributed by atoms with Gasteiger partial charge >= 0.3 is 0 Å². The van der Waals surface area contributed by atoms with E-state index in [2.05, 4.69) is 0 Å². The number of rotatable bonds is 3. The van der Waals surface area contributed by atoms with Crippen molar-refractivity contribution in [3.63, 3.8) is 0 Å². The molecule has 0 aromatic heterocycles. The summed E-state index contributed by atoms with van der Waals surface area (Å²) >= 11 is 6.25. The van der Waals surface area contributed by atoms with E-state index < -0.39 is 6.10 Å². The molecule has 3 aliphatic rings. The molecule has 114 valence electrons. The zero-order chi connectivity index (χ0) is 14.4. The summed E-state index contributed by atoms with van der Waals surface area (Å²) in [4.78, 5) is 0. The molecular formula is C17H21ClO3. The van der Waals surface area contributed by atoms with Gasteiger partial charge < -0.3 is 14.6 Å². The van der Waals surface area contributed by atoms with Gasteiger partial charge in [-0.25, -0.2) is 0 Å². The molecule has 3 nitrogen and oxygen atoms in total. The second kappa shape index (κ2) is 5.36. The zero-order valence-corrected chi connectivity index (χ0v) is 12.8. The van der Waals surface area contributed by atoms with Crippen molar-refractivity contribution in [2.45, 2.75) is 38.2 Å². The van der Waals surface area contributed by atoms with Gasteiger partial charge in [0.15, 0.2) is 11.5 Å². The summed E-state index contributed by atoms with van der Waals surface area (Å²) in [6, 6.07) is 3.71. The Labute approximate surface area is 130 Å². The second-order valence-corrected chi connectivity index (χ2v) is 7.12. The summed E-state index contributed by atoms with van der Waals surface area (Å²) in [5.41, 5.74) is 0.854. The molecule has 4 heteroatoms. The lowest BCUT2D eigenvalue weighted by molar-refractivity contribution is 0.124. The van der Waals surface area contributed by atoms with E-state index in [0.717, 1.165) is 23.8 Å². The van der Waals surface area contributed by atoms with E-state index >= 15 is 0 Å². The predicted octanol–water partition coefficient (Wildman–Crippen LogP) is 3.97. The molecule has 1 aromatic carbocycles. The first-order chi connectivity index (χ1) is 10.2. The molecule has 0 saturated heterocycles. The van der Waals surface area contributed by atoms with Gasteiger partial charge in [0.2, 0.25) is 0 Å². The third-order valence-corrected chi connectivity index (χ3v) is 5.70. The molecule has 4 rings (SSSR count). The first kappa shape index (κ1) is 13.7. The van der Waals surface area contributed by atoms with Crippen molar-refractivity contribution in [3.8, 4) is 11.5 Å². The Bertz CT molecular complexity index is 545. The molecular weight excluding hydrogens is 288 g/mol. The van der Waals surface area contributed by atoms with Gasteiger partial charge in [-0.3, -0.25) is 0 Å². The molecule has 1 N–H and O–H groups in total. The highest BCUT2D eigenvalue weighted by Crippen LogP contribution is 2.51. The predicted molar refractivity (Wildman–Crippen MR) is 81.0 cm³/mol. The van der Waals surface area contributed by atoms with Gasteiger partial charge in [0.05, 0.1) is 11.1 Å². The minimum absolute atomic E-state index is 0.456. The maximum atomic E-state index is 10.6.